The van der Waals surface area contributed by atoms with Crippen molar-refractivity contribution in [3.63, 3.8) is 0 Å². The SMILES string of the molecule is NCc1nnc(SCCOCC(F)(F)F)n1C1CC1. The van der Waals surface area contributed by atoms with Gasteiger partial charge in [-0.15, -0.1) is 10.2 Å². The van der Waals surface area contributed by atoms with Gasteiger partial charge in [-0.2, -0.15) is 13.2 Å². The third-order valence-corrected chi connectivity index (χ3v) is 3.46. The lowest BCUT2D eigenvalue weighted by Gasteiger charge is -2.08. The van der Waals surface area contributed by atoms with E-state index >= 15 is 0 Å². The van der Waals surface area contributed by atoms with Gasteiger partial charge in [0.1, 0.15) is 12.4 Å². The van der Waals surface area contributed by atoms with Crippen molar-refractivity contribution in [2.75, 3.05) is 19.0 Å². The highest BCUT2D eigenvalue weighted by Crippen LogP contribution is 2.38. The van der Waals surface area contributed by atoms with Gasteiger partial charge >= 0.3 is 6.18 Å². The number of halogens is 3. The summed E-state index contributed by atoms with van der Waals surface area (Å²) in [4.78, 5) is 0. The van der Waals surface area contributed by atoms with Crippen LogP contribution in [0.1, 0.15) is 24.7 Å². The molecule has 9 heteroatoms. The maximum atomic E-state index is 11.9. The Kier molecular flexibility index (Phi) is 4.69. The van der Waals surface area contributed by atoms with E-state index in [2.05, 4.69) is 14.9 Å². The third-order valence-electron chi connectivity index (χ3n) is 2.55. The monoisotopic (exact) mass is 296 g/mol. The quantitative estimate of drug-likeness (QED) is 0.613. The Morgan fingerprint density at radius 1 is 1.37 bits per heavy atom. The van der Waals surface area contributed by atoms with Crippen LogP contribution >= 0.6 is 11.8 Å². The summed E-state index contributed by atoms with van der Waals surface area (Å²) in [6.07, 6.45) is -2.13. The minimum Gasteiger partial charge on any atom is -0.371 e. The van der Waals surface area contributed by atoms with E-state index < -0.39 is 12.8 Å². The number of hydrogen-bond acceptors (Lipinski definition) is 5. The number of alkyl halides is 3. The largest absolute Gasteiger partial charge is 0.411 e. The average Bonchev–Trinajstić information content (AvgIpc) is 3.08. The number of hydrogen-bond donors (Lipinski definition) is 1. The summed E-state index contributed by atoms with van der Waals surface area (Å²) in [5.41, 5.74) is 5.57. The fourth-order valence-electron chi connectivity index (χ4n) is 1.62. The topological polar surface area (TPSA) is 66.0 Å². The second-order valence-corrected chi connectivity index (χ2v) is 5.28. The zero-order valence-corrected chi connectivity index (χ0v) is 11.0. The van der Waals surface area contributed by atoms with E-state index in [0.29, 0.717) is 23.5 Å². The lowest BCUT2D eigenvalue weighted by molar-refractivity contribution is -0.172. The molecule has 1 heterocycles. The van der Waals surface area contributed by atoms with Crippen LogP contribution in [-0.4, -0.2) is 39.9 Å². The highest BCUT2D eigenvalue weighted by molar-refractivity contribution is 7.99. The van der Waals surface area contributed by atoms with Gasteiger partial charge in [0.25, 0.3) is 0 Å². The number of nitrogens with two attached hydrogens (primary N) is 1. The van der Waals surface area contributed by atoms with Gasteiger partial charge in [-0.3, -0.25) is 0 Å². The van der Waals surface area contributed by atoms with Crippen LogP contribution < -0.4 is 5.73 Å². The summed E-state index contributed by atoms with van der Waals surface area (Å²) in [5.74, 6) is 1.13. The molecule has 0 aliphatic heterocycles. The van der Waals surface area contributed by atoms with Gasteiger partial charge in [-0.05, 0) is 12.8 Å². The van der Waals surface area contributed by atoms with E-state index in [1.165, 1.54) is 11.8 Å². The highest BCUT2D eigenvalue weighted by atomic mass is 32.2. The Bertz CT molecular complexity index is 419. The predicted molar refractivity (Wildman–Crippen MR) is 63.8 cm³/mol. The van der Waals surface area contributed by atoms with Crippen LogP contribution in [-0.2, 0) is 11.3 Å². The number of nitrogens with zero attached hydrogens (tertiary/aromatic N) is 3. The molecule has 1 saturated carbocycles. The van der Waals surface area contributed by atoms with Gasteiger partial charge in [0.05, 0.1) is 13.2 Å². The van der Waals surface area contributed by atoms with Gasteiger partial charge in [-0.25, -0.2) is 0 Å². The Morgan fingerprint density at radius 3 is 2.68 bits per heavy atom. The lowest BCUT2D eigenvalue weighted by atomic mass is 10.5. The second kappa shape index (κ2) is 6.10. The Balaban J connectivity index is 1.78. The molecule has 5 nitrogen and oxygen atoms in total. The van der Waals surface area contributed by atoms with Gasteiger partial charge in [0.15, 0.2) is 5.16 Å². The zero-order valence-electron chi connectivity index (χ0n) is 10.2. The molecule has 1 aromatic heterocycles. The van der Waals surface area contributed by atoms with Crippen LogP contribution in [0.4, 0.5) is 13.2 Å². The fourth-order valence-corrected chi connectivity index (χ4v) is 2.50. The molecule has 0 radical (unpaired) electrons. The molecule has 19 heavy (non-hydrogen) atoms. The summed E-state index contributed by atoms with van der Waals surface area (Å²) < 4.78 is 42.1. The normalized spacial score (nSPS) is 16.0. The minimum atomic E-state index is -4.27. The van der Waals surface area contributed by atoms with Gasteiger partial charge in [0, 0.05) is 11.8 Å². The van der Waals surface area contributed by atoms with Crippen molar-refractivity contribution in [2.45, 2.75) is 36.8 Å². The molecule has 1 fully saturated rings. The van der Waals surface area contributed by atoms with Crippen molar-refractivity contribution in [1.82, 2.24) is 14.8 Å². The Labute approximate surface area is 112 Å². The van der Waals surface area contributed by atoms with Crippen LogP contribution in [0.2, 0.25) is 0 Å². The summed E-state index contributed by atoms with van der Waals surface area (Å²) in [5, 5.41) is 8.70. The molecule has 0 saturated heterocycles. The van der Waals surface area contributed by atoms with E-state index in [4.69, 9.17) is 5.73 Å². The van der Waals surface area contributed by atoms with E-state index in [9.17, 15) is 13.2 Å². The molecule has 0 atom stereocenters. The predicted octanol–water partition coefficient (Wildman–Crippen LogP) is 1.74. The molecule has 0 unspecified atom stereocenters. The maximum Gasteiger partial charge on any atom is 0.411 e. The van der Waals surface area contributed by atoms with Crippen LogP contribution in [0.15, 0.2) is 5.16 Å². The first-order valence-electron chi connectivity index (χ1n) is 5.92. The molecule has 1 aliphatic rings. The number of thioether (sulfide) groups is 1. The van der Waals surface area contributed by atoms with Gasteiger partial charge < -0.3 is 15.0 Å². The summed E-state index contributed by atoms with van der Waals surface area (Å²) in [6.45, 7) is -0.870. The molecule has 108 valence electrons. The molecular weight excluding hydrogens is 281 g/mol. The minimum absolute atomic E-state index is 0.0274. The van der Waals surface area contributed by atoms with Crippen molar-refractivity contribution >= 4 is 11.8 Å². The van der Waals surface area contributed by atoms with E-state index in [1.807, 2.05) is 4.57 Å². The first-order valence-corrected chi connectivity index (χ1v) is 6.91. The zero-order chi connectivity index (χ0) is 13.9. The van der Waals surface area contributed by atoms with Gasteiger partial charge in [-0.1, -0.05) is 11.8 Å². The Morgan fingerprint density at radius 2 is 2.11 bits per heavy atom. The van der Waals surface area contributed by atoms with Crippen molar-refractivity contribution in [2.24, 2.45) is 5.73 Å². The van der Waals surface area contributed by atoms with Crippen LogP contribution in [0.3, 0.4) is 0 Å². The van der Waals surface area contributed by atoms with Crippen molar-refractivity contribution in [3.05, 3.63) is 5.82 Å². The molecule has 0 amide bonds. The van der Waals surface area contributed by atoms with Crippen LogP contribution in [0, 0.1) is 0 Å². The maximum absolute atomic E-state index is 11.9. The first kappa shape index (κ1) is 14.6. The van der Waals surface area contributed by atoms with Crippen molar-refractivity contribution < 1.29 is 17.9 Å². The highest BCUT2D eigenvalue weighted by Gasteiger charge is 2.29. The van der Waals surface area contributed by atoms with Crippen LogP contribution in [0.25, 0.3) is 0 Å². The van der Waals surface area contributed by atoms with E-state index in [-0.39, 0.29) is 6.61 Å². The third kappa shape index (κ3) is 4.36. The molecule has 0 aromatic carbocycles. The van der Waals surface area contributed by atoms with E-state index in [0.717, 1.165) is 18.7 Å². The number of ether oxygens (including phenoxy) is 1. The lowest BCUT2D eigenvalue weighted by Crippen LogP contribution is -2.18. The second-order valence-electron chi connectivity index (χ2n) is 4.22. The smallest absolute Gasteiger partial charge is 0.371 e. The fraction of sp³-hybridized carbons (Fsp3) is 0.800. The van der Waals surface area contributed by atoms with Crippen molar-refractivity contribution in [3.8, 4) is 0 Å². The van der Waals surface area contributed by atoms with E-state index in [1.54, 1.807) is 0 Å². The molecular formula is C10H15F3N4OS. The van der Waals surface area contributed by atoms with Gasteiger partial charge in [0.2, 0.25) is 0 Å². The van der Waals surface area contributed by atoms with Crippen molar-refractivity contribution in [1.29, 1.82) is 0 Å². The Hall–Kier alpha value is -0.800. The molecule has 2 rings (SSSR count). The molecule has 1 aliphatic carbocycles. The molecule has 0 bridgehead atoms. The summed E-state index contributed by atoms with van der Waals surface area (Å²) in [7, 11) is 0. The number of rotatable bonds is 7. The summed E-state index contributed by atoms with van der Waals surface area (Å²) >= 11 is 1.34. The first-order chi connectivity index (χ1) is 9.01. The van der Waals surface area contributed by atoms with Crippen LogP contribution in [0.5, 0.6) is 0 Å². The average molecular weight is 296 g/mol. The molecule has 2 N–H and O–H groups in total. The summed E-state index contributed by atoms with van der Waals surface area (Å²) in [6, 6.07) is 0.396. The number of aromatic nitrogens is 3. The molecule has 1 aromatic rings. The molecule has 0 spiro atoms. The standard InChI is InChI=1S/C10H15F3N4OS/c11-10(12,13)6-18-3-4-19-9-16-15-8(5-14)17(9)7-1-2-7/h7H,1-6,14H2.